The number of carbonyl (C=O) groups excluding carboxylic acids is 2. The lowest BCUT2D eigenvalue weighted by atomic mass is 10.1. The van der Waals surface area contributed by atoms with Crippen molar-refractivity contribution in [3.8, 4) is 0 Å². The molecule has 0 fully saturated rings. The molecule has 370 valence electrons. The number of esters is 2. The maximum absolute atomic E-state index is 12.8. The van der Waals surface area contributed by atoms with Crippen LogP contribution in [0.15, 0.2) is 146 Å². The maximum atomic E-state index is 12.8. The Hall–Kier alpha value is -4.22. The molecule has 0 saturated heterocycles. The molecule has 0 aliphatic heterocycles. The first-order chi connectivity index (χ1) is 32.6. The van der Waals surface area contributed by atoms with Crippen LogP contribution in [0.3, 0.4) is 0 Å². The third-order valence-electron chi connectivity index (χ3n) is 10.4. The summed E-state index contributed by atoms with van der Waals surface area (Å²) in [4.78, 5) is 25.3. The van der Waals surface area contributed by atoms with Crippen LogP contribution in [0.25, 0.3) is 0 Å². The molecule has 1 unspecified atom stereocenters. The number of hydrogen-bond acceptors (Lipinski definition) is 5. The predicted molar refractivity (Wildman–Crippen MR) is 288 cm³/mol. The molecule has 0 bridgehead atoms. The first kappa shape index (κ1) is 61.8. The average molecular weight is 909 g/mol. The van der Waals surface area contributed by atoms with E-state index in [9.17, 15) is 9.59 Å². The highest BCUT2D eigenvalue weighted by Crippen LogP contribution is 2.11. The zero-order valence-corrected chi connectivity index (χ0v) is 42.4. The summed E-state index contributed by atoms with van der Waals surface area (Å²) in [5, 5.41) is 0. The first-order valence-corrected chi connectivity index (χ1v) is 26.4. The third kappa shape index (κ3) is 52.4. The van der Waals surface area contributed by atoms with Crippen molar-refractivity contribution in [2.45, 2.75) is 207 Å². The van der Waals surface area contributed by atoms with E-state index < -0.39 is 6.10 Å². The minimum atomic E-state index is -0.619. The molecule has 0 heterocycles. The molecule has 1 atom stereocenters. The zero-order valence-electron chi connectivity index (χ0n) is 42.4. The van der Waals surface area contributed by atoms with Gasteiger partial charge in [0, 0.05) is 19.4 Å². The van der Waals surface area contributed by atoms with Crippen LogP contribution >= 0.6 is 0 Å². The zero-order chi connectivity index (χ0) is 47.7. The van der Waals surface area contributed by atoms with Crippen molar-refractivity contribution in [3.63, 3.8) is 0 Å². The number of rotatable bonds is 46. The Morgan fingerprint density at radius 3 is 1.09 bits per heavy atom. The number of ether oxygens (including phenoxy) is 3. The van der Waals surface area contributed by atoms with E-state index in [1.165, 1.54) is 70.6 Å². The summed E-state index contributed by atoms with van der Waals surface area (Å²) in [6, 6.07) is 0. The minimum Gasteiger partial charge on any atom is -0.462 e. The summed E-state index contributed by atoms with van der Waals surface area (Å²) in [6.45, 7) is 7.38. The summed E-state index contributed by atoms with van der Waals surface area (Å²) in [6.07, 6.45) is 80.3. The van der Waals surface area contributed by atoms with Gasteiger partial charge in [0.1, 0.15) is 6.61 Å². The molecule has 5 nitrogen and oxygen atoms in total. The summed E-state index contributed by atoms with van der Waals surface area (Å²) < 4.78 is 17.3. The molecule has 0 radical (unpaired) electrons. The van der Waals surface area contributed by atoms with Crippen molar-refractivity contribution in [2.24, 2.45) is 0 Å². The topological polar surface area (TPSA) is 61.8 Å². The Morgan fingerprint density at radius 2 is 0.682 bits per heavy atom. The van der Waals surface area contributed by atoms with Gasteiger partial charge in [-0.05, 0) is 116 Å². The van der Waals surface area contributed by atoms with Gasteiger partial charge in [0.15, 0.2) is 6.10 Å². The van der Waals surface area contributed by atoms with Crippen molar-refractivity contribution in [1.82, 2.24) is 0 Å². The van der Waals surface area contributed by atoms with Crippen LogP contribution in [0, 0.1) is 0 Å². The predicted octanol–water partition coefficient (Wildman–Crippen LogP) is 18.1. The molecule has 66 heavy (non-hydrogen) atoms. The summed E-state index contributed by atoms with van der Waals surface area (Å²) >= 11 is 0. The number of allylic oxidation sites excluding steroid dienone is 24. The van der Waals surface area contributed by atoms with E-state index in [0.29, 0.717) is 19.4 Å². The monoisotopic (exact) mass is 909 g/mol. The lowest BCUT2D eigenvalue weighted by Crippen LogP contribution is -2.30. The Bertz CT molecular complexity index is 1450. The van der Waals surface area contributed by atoms with Crippen LogP contribution in [0.1, 0.15) is 201 Å². The van der Waals surface area contributed by atoms with Gasteiger partial charge in [0.2, 0.25) is 0 Å². The lowest BCUT2D eigenvalue weighted by molar-refractivity contribution is -0.162. The molecule has 0 aromatic carbocycles. The average Bonchev–Trinajstić information content (AvgIpc) is 3.32. The van der Waals surface area contributed by atoms with Gasteiger partial charge < -0.3 is 14.2 Å². The molecule has 0 aliphatic rings. The molecule has 0 amide bonds. The normalized spacial score (nSPS) is 13.4. The van der Waals surface area contributed by atoms with Crippen LogP contribution in [-0.4, -0.2) is 37.9 Å². The van der Waals surface area contributed by atoms with E-state index in [2.05, 4.69) is 154 Å². The smallest absolute Gasteiger partial charge is 0.306 e. The Kier molecular flexibility index (Phi) is 51.6. The first-order valence-electron chi connectivity index (χ1n) is 26.4. The highest BCUT2D eigenvalue weighted by Gasteiger charge is 2.17. The molecule has 0 spiro atoms. The van der Waals surface area contributed by atoms with Crippen molar-refractivity contribution in [3.05, 3.63) is 146 Å². The van der Waals surface area contributed by atoms with Crippen LogP contribution in [0.2, 0.25) is 0 Å². The largest absolute Gasteiger partial charge is 0.462 e. The fourth-order valence-electron chi connectivity index (χ4n) is 6.52. The van der Waals surface area contributed by atoms with E-state index in [0.717, 1.165) is 83.5 Å². The van der Waals surface area contributed by atoms with Gasteiger partial charge in [-0.2, -0.15) is 0 Å². The van der Waals surface area contributed by atoms with Gasteiger partial charge in [-0.15, -0.1) is 0 Å². The standard InChI is InChI=1S/C61H96O5/c1-4-7-10-13-16-19-22-25-27-29-31-32-34-37-39-42-45-48-51-54-60(62)65-58-59(66-61(63)55-52-49-46-43-40-36-24-21-18-15-12-9-6-3)57-64-56-53-50-47-44-41-38-35-33-30-28-26-23-20-17-14-11-8-5-2/h7,9-10,12,16-21,25-28,31-32,36-37,39-40,45-46,48-49,59H,4-6,8,11,13-15,22-24,29-30,33-35,38,41-44,47,50-58H2,1-3H3/b10-7-,12-9-,19-16-,20-17-,21-18-,27-25-,28-26-,32-31-,39-37-,40-36-,48-45-,49-46-. The minimum absolute atomic E-state index is 0.00423. The highest BCUT2D eigenvalue weighted by atomic mass is 16.6. The number of carbonyl (C=O) groups is 2. The number of unbranched alkanes of at least 4 members (excludes halogenated alkanes) is 11. The van der Waals surface area contributed by atoms with Gasteiger partial charge in [0.25, 0.3) is 0 Å². The van der Waals surface area contributed by atoms with E-state index in [-0.39, 0.29) is 38.0 Å². The highest BCUT2D eigenvalue weighted by molar-refractivity contribution is 5.70. The molecule has 0 aromatic heterocycles. The van der Waals surface area contributed by atoms with E-state index in [1.54, 1.807) is 0 Å². The van der Waals surface area contributed by atoms with Gasteiger partial charge >= 0.3 is 11.9 Å². The fraction of sp³-hybridized carbons (Fsp3) is 0.574. The lowest BCUT2D eigenvalue weighted by Gasteiger charge is -2.18. The van der Waals surface area contributed by atoms with Crippen LogP contribution in [0.5, 0.6) is 0 Å². The van der Waals surface area contributed by atoms with Gasteiger partial charge in [0.05, 0.1) is 6.61 Å². The molecule has 0 rings (SSSR count). The fourth-order valence-corrected chi connectivity index (χ4v) is 6.52. The van der Waals surface area contributed by atoms with E-state index in [1.807, 2.05) is 12.2 Å². The van der Waals surface area contributed by atoms with Crippen LogP contribution in [-0.2, 0) is 23.8 Å². The van der Waals surface area contributed by atoms with Crippen molar-refractivity contribution in [2.75, 3.05) is 19.8 Å². The second-order valence-electron chi connectivity index (χ2n) is 16.7. The second-order valence-corrected chi connectivity index (χ2v) is 16.7. The van der Waals surface area contributed by atoms with Gasteiger partial charge in [-0.25, -0.2) is 0 Å². The van der Waals surface area contributed by atoms with E-state index in [4.69, 9.17) is 14.2 Å². The Balaban J connectivity index is 4.49. The Labute approximate surface area is 406 Å². The van der Waals surface area contributed by atoms with Gasteiger partial charge in [-0.1, -0.05) is 218 Å². The van der Waals surface area contributed by atoms with E-state index >= 15 is 0 Å². The van der Waals surface area contributed by atoms with Crippen molar-refractivity contribution in [1.29, 1.82) is 0 Å². The maximum Gasteiger partial charge on any atom is 0.306 e. The molecular formula is C61H96O5. The molecule has 0 aromatic rings. The van der Waals surface area contributed by atoms with Crippen LogP contribution in [0.4, 0.5) is 0 Å². The molecule has 0 saturated carbocycles. The quantitative estimate of drug-likeness (QED) is 0.0346. The Morgan fingerprint density at radius 1 is 0.348 bits per heavy atom. The molecule has 0 aliphatic carbocycles. The molecule has 0 N–H and O–H groups in total. The SMILES string of the molecule is CC/C=C\C/C=C\C/C=C\C/C=C\C/C=C\C/C=C\CCC(=O)OCC(COCCCCCCCCCC/C=C\C/C=C\CCCCC)OC(=O)CC/C=C\C/C=C\C/C=C\C/C=C\CC. The van der Waals surface area contributed by atoms with Crippen molar-refractivity contribution >= 4 is 11.9 Å². The molecular weight excluding hydrogens is 813 g/mol. The summed E-state index contributed by atoms with van der Waals surface area (Å²) in [7, 11) is 0. The third-order valence-corrected chi connectivity index (χ3v) is 10.4. The number of hydrogen-bond donors (Lipinski definition) is 0. The second kappa shape index (κ2) is 55.1. The van der Waals surface area contributed by atoms with Gasteiger partial charge in [-0.3, -0.25) is 9.59 Å². The molecule has 5 heteroatoms. The summed E-state index contributed by atoms with van der Waals surface area (Å²) in [5.41, 5.74) is 0. The van der Waals surface area contributed by atoms with Crippen molar-refractivity contribution < 1.29 is 23.8 Å². The van der Waals surface area contributed by atoms with Crippen LogP contribution < -0.4 is 0 Å². The summed E-state index contributed by atoms with van der Waals surface area (Å²) in [5.74, 6) is -0.603.